The van der Waals surface area contributed by atoms with Crippen LogP contribution in [0.1, 0.15) is 46.9 Å². The van der Waals surface area contributed by atoms with E-state index in [9.17, 15) is 4.79 Å². The lowest BCUT2D eigenvalue weighted by Gasteiger charge is -2.22. The maximum Gasteiger partial charge on any atom is 0.169 e. The molecule has 0 radical (unpaired) electrons. The van der Waals surface area contributed by atoms with E-state index >= 15 is 0 Å². The van der Waals surface area contributed by atoms with E-state index in [4.69, 9.17) is 10.2 Å². The van der Waals surface area contributed by atoms with Crippen LogP contribution in [0.25, 0.3) is 0 Å². The molecular formula is C14H15N3O2. The third-order valence-corrected chi connectivity index (χ3v) is 3.47. The van der Waals surface area contributed by atoms with Crippen molar-refractivity contribution in [3.63, 3.8) is 0 Å². The highest BCUT2D eigenvalue weighted by molar-refractivity contribution is 6.02. The van der Waals surface area contributed by atoms with Crippen LogP contribution in [0.3, 0.4) is 0 Å². The number of Topliss-reactive ketones (excluding diaryl/α,β-unsaturated/α-hetero) is 1. The van der Waals surface area contributed by atoms with Gasteiger partial charge in [0.05, 0.1) is 17.5 Å². The molecule has 5 nitrogen and oxygen atoms in total. The molecule has 0 aliphatic heterocycles. The van der Waals surface area contributed by atoms with Gasteiger partial charge in [-0.2, -0.15) is 0 Å². The number of furan rings is 1. The lowest BCUT2D eigenvalue weighted by Crippen LogP contribution is -2.23. The summed E-state index contributed by atoms with van der Waals surface area (Å²) in [5.74, 6) is 1.87. The summed E-state index contributed by atoms with van der Waals surface area (Å²) in [6.45, 7) is 1.97. The number of ketones is 1. The minimum Gasteiger partial charge on any atom is -0.469 e. The third kappa shape index (κ3) is 2.01. The standard InChI is InChI=1S/C14H15N3O2/c1-2-12-16-9-6-8(11-4-3-5-19-11)7-10(18)13(9)14(15)17-12/h3-5,8H,2,6-7H2,1H3,(H2,15,16,17)/t8-/m0/s1. The van der Waals surface area contributed by atoms with E-state index < -0.39 is 0 Å². The van der Waals surface area contributed by atoms with Gasteiger partial charge in [-0.1, -0.05) is 6.92 Å². The van der Waals surface area contributed by atoms with Crippen molar-refractivity contribution in [2.75, 3.05) is 5.73 Å². The van der Waals surface area contributed by atoms with Crippen molar-refractivity contribution in [3.8, 4) is 0 Å². The first kappa shape index (κ1) is 11.9. The molecule has 0 unspecified atom stereocenters. The summed E-state index contributed by atoms with van der Waals surface area (Å²) >= 11 is 0. The van der Waals surface area contributed by atoms with Crippen molar-refractivity contribution in [1.82, 2.24) is 9.97 Å². The first-order valence-corrected chi connectivity index (χ1v) is 6.41. The van der Waals surface area contributed by atoms with Gasteiger partial charge in [0.25, 0.3) is 0 Å². The number of rotatable bonds is 2. The Morgan fingerprint density at radius 1 is 1.42 bits per heavy atom. The van der Waals surface area contributed by atoms with E-state index in [1.807, 2.05) is 19.1 Å². The van der Waals surface area contributed by atoms with E-state index in [1.165, 1.54) is 0 Å². The molecule has 3 rings (SSSR count). The second kappa shape index (κ2) is 4.50. The number of nitrogens with zero attached hydrogens (tertiary/aromatic N) is 2. The number of nitrogens with two attached hydrogens (primary N) is 1. The molecule has 0 spiro atoms. The number of fused-ring (bicyclic) bond motifs is 1. The summed E-state index contributed by atoms with van der Waals surface area (Å²) in [5.41, 5.74) is 7.13. The van der Waals surface area contributed by atoms with Crippen LogP contribution in [0.4, 0.5) is 5.82 Å². The van der Waals surface area contributed by atoms with Crippen LogP contribution in [-0.4, -0.2) is 15.8 Å². The Morgan fingerprint density at radius 3 is 2.95 bits per heavy atom. The predicted molar refractivity (Wildman–Crippen MR) is 69.9 cm³/mol. The van der Waals surface area contributed by atoms with Gasteiger partial charge in [0.1, 0.15) is 17.4 Å². The lowest BCUT2D eigenvalue weighted by atomic mass is 9.84. The molecule has 0 saturated heterocycles. The molecule has 2 aromatic rings. The number of hydrogen-bond donors (Lipinski definition) is 1. The zero-order valence-corrected chi connectivity index (χ0v) is 10.7. The van der Waals surface area contributed by atoms with Gasteiger partial charge in [0, 0.05) is 25.2 Å². The maximum absolute atomic E-state index is 12.2. The fraction of sp³-hybridized carbons (Fsp3) is 0.357. The molecule has 0 amide bonds. The van der Waals surface area contributed by atoms with E-state index in [0.29, 0.717) is 36.5 Å². The molecule has 1 atom stereocenters. The molecule has 2 aromatic heterocycles. The van der Waals surface area contributed by atoms with Gasteiger partial charge >= 0.3 is 0 Å². The Balaban J connectivity index is 2.03. The largest absolute Gasteiger partial charge is 0.469 e. The highest BCUT2D eigenvalue weighted by atomic mass is 16.3. The molecular weight excluding hydrogens is 242 g/mol. The van der Waals surface area contributed by atoms with Crippen molar-refractivity contribution >= 4 is 11.6 Å². The van der Waals surface area contributed by atoms with E-state index in [-0.39, 0.29) is 11.7 Å². The lowest BCUT2D eigenvalue weighted by molar-refractivity contribution is 0.0959. The van der Waals surface area contributed by atoms with Crippen molar-refractivity contribution in [3.05, 3.63) is 41.2 Å². The average molecular weight is 257 g/mol. The molecule has 19 heavy (non-hydrogen) atoms. The zero-order chi connectivity index (χ0) is 13.4. The van der Waals surface area contributed by atoms with Crippen LogP contribution in [0.2, 0.25) is 0 Å². The summed E-state index contributed by atoms with van der Waals surface area (Å²) in [6.07, 6.45) is 3.41. The van der Waals surface area contributed by atoms with E-state index in [1.54, 1.807) is 6.26 Å². The molecule has 5 heteroatoms. The Morgan fingerprint density at radius 2 is 2.26 bits per heavy atom. The van der Waals surface area contributed by atoms with Crippen LogP contribution in [0.5, 0.6) is 0 Å². The number of aryl methyl sites for hydroxylation is 1. The number of carbonyl (C=O) groups is 1. The van der Waals surface area contributed by atoms with Gasteiger partial charge in [0.15, 0.2) is 5.78 Å². The van der Waals surface area contributed by atoms with Crippen molar-refractivity contribution in [1.29, 1.82) is 0 Å². The Hall–Kier alpha value is -2.17. The summed E-state index contributed by atoms with van der Waals surface area (Å²) in [6, 6.07) is 3.73. The average Bonchev–Trinajstić information content (AvgIpc) is 2.91. The van der Waals surface area contributed by atoms with Crippen molar-refractivity contribution in [2.45, 2.75) is 32.1 Å². The molecule has 0 saturated carbocycles. The summed E-state index contributed by atoms with van der Waals surface area (Å²) in [7, 11) is 0. The Bertz CT molecular complexity index is 620. The molecule has 1 aliphatic rings. The van der Waals surface area contributed by atoms with E-state index in [0.717, 1.165) is 11.5 Å². The van der Waals surface area contributed by atoms with Crippen molar-refractivity contribution < 1.29 is 9.21 Å². The summed E-state index contributed by atoms with van der Waals surface area (Å²) in [4.78, 5) is 20.8. The van der Waals surface area contributed by atoms with Gasteiger partial charge in [0.2, 0.25) is 0 Å². The monoisotopic (exact) mass is 257 g/mol. The van der Waals surface area contributed by atoms with Gasteiger partial charge in [-0.25, -0.2) is 9.97 Å². The summed E-state index contributed by atoms with van der Waals surface area (Å²) < 4.78 is 5.40. The van der Waals surface area contributed by atoms with Crippen LogP contribution in [-0.2, 0) is 12.8 Å². The van der Waals surface area contributed by atoms with Crippen LogP contribution in [0.15, 0.2) is 22.8 Å². The molecule has 98 valence electrons. The third-order valence-electron chi connectivity index (χ3n) is 3.47. The molecule has 0 aromatic carbocycles. The topological polar surface area (TPSA) is 82.0 Å². The minimum atomic E-state index is 0.00260. The van der Waals surface area contributed by atoms with Gasteiger partial charge in [-0.05, 0) is 12.1 Å². The van der Waals surface area contributed by atoms with Crippen LogP contribution in [0, 0.1) is 0 Å². The second-order valence-electron chi connectivity index (χ2n) is 4.74. The molecule has 1 aliphatic carbocycles. The maximum atomic E-state index is 12.2. The predicted octanol–water partition coefficient (Wildman–Crippen LogP) is 2.13. The van der Waals surface area contributed by atoms with Gasteiger partial charge in [-0.3, -0.25) is 4.79 Å². The number of hydrogen-bond acceptors (Lipinski definition) is 5. The van der Waals surface area contributed by atoms with Gasteiger partial charge in [-0.15, -0.1) is 0 Å². The summed E-state index contributed by atoms with van der Waals surface area (Å²) in [5, 5.41) is 0. The SMILES string of the molecule is CCc1nc(N)c2c(n1)C[C@H](c1ccco1)CC2=O. The number of anilines is 1. The first-order valence-electron chi connectivity index (χ1n) is 6.41. The Kier molecular flexibility index (Phi) is 2.81. The smallest absolute Gasteiger partial charge is 0.169 e. The quantitative estimate of drug-likeness (QED) is 0.891. The fourth-order valence-corrected chi connectivity index (χ4v) is 2.55. The minimum absolute atomic E-state index is 0.00260. The van der Waals surface area contributed by atoms with Gasteiger partial charge < -0.3 is 10.2 Å². The first-order chi connectivity index (χ1) is 9.19. The molecule has 0 fully saturated rings. The van der Waals surface area contributed by atoms with Crippen LogP contribution >= 0.6 is 0 Å². The number of aromatic nitrogens is 2. The molecule has 2 heterocycles. The zero-order valence-electron chi connectivity index (χ0n) is 10.7. The van der Waals surface area contributed by atoms with E-state index in [2.05, 4.69) is 9.97 Å². The van der Waals surface area contributed by atoms with Crippen molar-refractivity contribution in [2.24, 2.45) is 0 Å². The van der Waals surface area contributed by atoms with Crippen LogP contribution < -0.4 is 5.73 Å². The fourth-order valence-electron chi connectivity index (χ4n) is 2.55. The number of carbonyl (C=O) groups excluding carboxylic acids is 1. The molecule has 0 bridgehead atoms. The highest BCUT2D eigenvalue weighted by Gasteiger charge is 2.31. The molecule has 2 N–H and O–H groups in total. The normalized spacial score (nSPS) is 18.4. The second-order valence-corrected chi connectivity index (χ2v) is 4.74. The number of nitrogen functional groups attached to an aromatic ring is 1. The Labute approximate surface area is 110 Å². The highest BCUT2D eigenvalue weighted by Crippen LogP contribution is 2.33.